The Balaban J connectivity index is 3.81. The summed E-state index contributed by atoms with van der Waals surface area (Å²) in [5, 5.41) is 21.1. The number of nitrogens with zero attached hydrogens (tertiary/aromatic N) is 1. The number of carboxylic acids is 1. The molecule has 0 aromatic heterocycles. The van der Waals surface area contributed by atoms with Crippen LogP contribution in [0.1, 0.15) is 13.3 Å². The summed E-state index contributed by atoms with van der Waals surface area (Å²) in [5.41, 5.74) is -1.66. The van der Waals surface area contributed by atoms with E-state index in [0.717, 1.165) is 19.5 Å². The standard InChI is InChI=1S/C9H20N2O3/c1-9(14,8(12)13)7-11(3)6-4-5-10-2/h10,14H,4-7H2,1-3H3,(H,12,13). The molecule has 5 nitrogen and oxygen atoms in total. The van der Waals surface area contributed by atoms with Crippen LogP contribution in [0.2, 0.25) is 0 Å². The van der Waals surface area contributed by atoms with E-state index < -0.39 is 11.6 Å². The topological polar surface area (TPSA) is 72.8 Å². The number of aliphatic hydroxyl groups is 1. The molecule has 0 aliphatic heterocycles. The van der Waals surface area contributed by atoms with Crippen molar-refractivity contribution in [1.29, 1.82) is 0 Å². The molecule has 14 heavy (non-hydrogen) atoms. The van der Waals surface area contributed by atoms with E-state index in [1.807, 2.05) is 11.9 Å². The lowest BCUT2D eigenvalue weighted by Gasteiger charge is -2.25. The first kappa shape index (κ1) is 13.4. The van der Waals surface area contributed by atoms with Gasteiger partial charge in [-0.2, -0.15) is 0 Å². The normalized spacial score (nSPS) is 15.5. The zero-order chi connectivity index (χ0) is 11.2. The number of nitrogens with one attached hydrogen (secondary N) is 1. The van der Waals surface area contributed by atoms with Gasteiger partial charge in [0.2, 0.25) is 0 Å². The smallest absolute Gasteiger partial charge is 0.336 e. The second-order valence-corrected chi connectivity index (χ2v) is 3.77. The summed E-state index contributed by atoms with van der Waals surface area (Å²) < 4.78 is 0. The molecule has 0 aliphatic carbocycles. The SMILES string of the molecule is CNCCCN(C)CC(C)(O)C(=O)O. The first-order valence-corrected chi connectivity index (χ1v) is 4.69. The summed E-state index contributed by atoms with van der Waals surface area (Å²) in [6, 6.07) is 0. The van der Waals surface area contributed by atoms with Gasteiger partial charge in [-0.25, -0.2) is 4.79 Å². The third-order valence-electron chi connectivity index (χ3n) is 2.01. The molecule has 3 N–H and O–H groups in total. The van der Waals surface area contributed by atoms with Crippen molar-refractivity contribution in [3.8, 4) is 0 Å². The molecule has 0 spiro atoms. The van der Waals surface area contributed by atoms with Crippen molar-refractivity contribution in [1.82, 2.24) is 10.2 Å². The Bertz CT molecular complexity index is 183. The maximum atomic E-state index is 10.6. The van der Waals surface area contributed by atoms with Crippen LogP contribution in [0.4, 0.5) is 0 Å². The van der Waals surface area contributed by atoms with Crippen molar-refractivity contribution in [2.45, 2.75) is 18.9 Å². The van der Waals surface area contributed by atoms with E-state index in [1.165, 1.54) is 6.92 Å². The second kappa shape index (κ2) is 5.95. The average molecular weight is 204 g/mol. The van der Waals surface area contributed by atoms with Gasteiger partial charge < -0.3 is 20.4 Å². The number of hydrogen-bond acceptors (Lipinski definition) is 4. The third kappa shape index (κ3) is 5.16. The molecule has 0 radical (unpaired) electrons. The minimum atomic E-state index is -1.66. The average Bonchev–Trinajstić information content (AvgIpc) is 2.03. The Kier molecular flexibility index (Phi) is 5.68. The van der Waals surface area contributed by atoms with Gasteiger partial charge in [-0.15, -0.1) is 0 Å². The molecule has 5 heteroatoms. The minimum absolute atomic E-state index is 0.145. The molecule has 0 fully saturated rings. The van der Waals surface area contributed by atoms with Crippen molar-refractivity contribution in [2.24, 2.45) is 0 Å². The van der Waals surface area contributed by atoms with Gasteiger partial charge in [-0.3, -0.25) is 0 Å². The van der Waals surface area contributed by atoms with E-state index in [9.17, 15) is 9.90 Å². The summed E-state index contributed by atoms with van der Waals surface area (Å²) in [6.45, 7) is 3.11. The number of likely N-dealkylation sites (N-methyl/N-ethyl adjacent to an activating group) is 1. The predicted molar refractivity (Wildman–Crippen MR) is 54.3 cm³/mol. The van der Waals surface area contributed by atoms with Crippen LogP contribution in [0.25, 0.3) is 0 Å². The fraction of sp³-hybridized carbons (Fsp3) is 0.889. The van der Waals surface area contributed by atoms with E-state index in [1.54, 1.807) is 7.05 Å². The zero-order valence-electron chi connectivity index (χ0n) is 9.08. The van der Waals surface area contributed by atoms with Gasteiger partial charge in [0.15, 0.2) is 5.60 Å². The molecular weight excluding hydrogens is 184 g/mol. The van der Waals surface area contributed by atoms with Crippen LogP contribution in [-0.2, 0) is 4.79 Å². The quantitative estimate of drug-likeness (QED) is 0.481. The molecule has 0 heterocycles. The Hall–Kier alpha value is -0.650. The van der Waals surface area contributed by atoms with Crippen molar-refractivity contribution < 1.29 is 15.0 Å². The molecule has 0 aromatic carbocycles. The number of carboxylic acid groups (broad SMARTS) is 1. The fourth-order valence-electron chi connectivity index (χ4n) is 1.20. The Labute approximate surface area is 84.7 Å². The van der Waals surface area contributed by atoms with E-state index in [0.29, 0.717) is 0 Å². The van der Waals surface area contributed by atoms with Crippen LogP contribution in [0.15, 0.2) is 0 Å². The Morgan fingerprint density at radius 3 is 2.57 bits per heavy atom. The van der Waals surface area contributed by atoms with Crippen molar-refractivity contribution in [3.05, 3.63) is 0 Å². The van der Waals surface area contributed by atoms with Gasteiger partial charge in [0.25, 0.3) is 0 Å². The predicted octanol–water partition coefficient (Wildman–Crippen LogP) is -0.637. The van der Waals surface area contributed by atoms with E-state index >= 15 is 0 Å². The highest BCUT2D eigenvalue weighted by atomic mass is 16.4. The number of rotatable bonds is 7. The van der Waals surface area contributed by atoms with Gasteiger partial charge in [0, 0.05) is 6.54 Å². The molecular formula is C9H20N2O3. The largest absolute Gasteiger partial charge is 0.479 e. The van der Waals surface area contributed by atoms with Crippen molar-refractivity contribution in [2.75, 3.05) is 33.7 Å². The summed E-state index contributed by atoms with van der Waals surface area (Å²) >= 11 is 0. The Morgan fingerprint density at radius 1 is 1.57 bits per heavy atom. The number of carbonyl (C=O) groups is 1. The molecule has 0 aromatic rings. The number of hydrogen-bond donors (Lipinski definition) is 3. The Morgan fingerprint density at radius 2 is 2.14 bits per heavy atom. The molecule has 84 valence electrons. The maximum Gasteiger partial charge on any atom is 0.336 e. The van der Waals surface area contributed by atoms with E-state index in [2.05, 4.69) is 5.32 Å². The minimum Gasteiger partial charge on any atom is -0.479 e. The molecule has 0 rings (SSSR count). The van der Waals surface area contributed by atoms with Crippen LogP contribution in [-0.4, -0.2) is 60.4 Å². The van der Waals surface area contributed by atoms with Crippen LogP contribution >= 0.6 is 0 Å². The second-order valence-electron chi connectivity index (χ2n) is 3.77. The summed E-state index contributed by atoms with van der Waals surface area (Å²) in [7, 11) is 3.67. The fourth-order valence-corrected chi connectivity index (χ4v) is 1.20. The third-order valence-corrected chi connectivity index (χ3v) is 2.01. The summed E-state index contributed by atoms with van der Waals surface area (Å²) in [6.07, 6.45) is 0.933. The maximum absolute atomic E-state index is 10.6. The van der Waals surface area contributed by atoms with Gasteiger partial charge in [-0.05, 0) is 40.5 Å². The molecule has 0 saturated carbocycles. The highest BCUT2D eigenvalue weighted by Crippen LogP contribution is 2.05. The zero-order valence-corrected chi connectivity index (χ0v) is 9.08. The molecule has 0 saturated heterocycles. The number of aliphatic carboxylic acids is 1. The van der Waals surface area contributed by atoms with E-state index in [-0.39, 0.29) is 6.54 Å². The molecule has 0 aliphatic rings. The molecule has 1 atom stereocenters. The van der Waals surface area contributed by atoms with Gasteiger partial charge in [0.1, 0.15) is 0 Å². The highest BCUT2D eigenvalue weighted by molar-refractivity contribution is 5.76. The lowest BCUT2D eigenvalue weighted by atomic mass is 10.1. The monoisotopic (exact) mass is 204 g/mol. The first-order chi connectivity index (χ1) is 6.40. The highest BCUT2D eigenvalue weighted by Gasteiger charge is 2.30. The lowest BCUT2D eigenvalue weighted by Crippen LogP contribution is -2.45. The van der Waals surface area contributed by atoms with Crippen LogP contribution in [0.5, 0.6) is 0 Å². The van der Waals surface area contributed by atoms with E-state index in [4.69, 9.17) is 5.11 Å². The van der Waals surface area contributed by atoms with Crippen molar-refractivity contribution >= 4 is 5.97 Å². The first-order valence-electron chi connectivity index (χ1n) is 4.69. The van der Waals surface area contributed by atoms with Crippen molar-refractivity contribution in [3.63, 3.8) is 0 Å². The van der Waals surface area contributed by atoms with Gasteiger partial charge in [-0.1, -0.05) is 0 Å². The molecule has 0 bridgehead atoms. The molecule has 1 unspecified atom stereocenters. The summed E-state index contributed by atoms with van der Waals surface area (Å²) in [4.78, 5) is 12.4. The van der Waals surface area contributed by atoms with Crippen LogP contribution < -0.4 is 5.32 Å². The van der Waals surface area contributed by atoms with Crippen LogP contribution in [0.3, 0.4) is 0 Å². The van der Waals surface area contributed by atoms with Crippen LogP contribution in [0, 0.1) is 0 Å². The molecule has 0 amide bonds. The summed E-state index contributed by atoms with van der Waals surface area (Å²) in [5.74, 6) is -1.18. The van der Waals surface area contributed by atoms with Gasteiger partial charge in [0.05, 0.1) is 0 Å². The lowest BCUT2D eigenvalue weighted by molar-refractivity contribution is -0.158. The van der Waals surface area contributed by atoms with Gasteiger partial charge >= 0.3 is 5.97 Å².